The summed E-state index contributed by atoms with van der Waals surface area (Å²) in [5.41, 5.74) is 3.36. The number of ether oxygens (including phenoxy) is 1. The molecule has 2 rings (SSSR count). The molecule has 1 aromatic carbocycles. The van der Waals surface area contributed by atoms with E-state index in [1.54, 1.807) is 7.11 Å². The molecule has 0 aliphatic rings. The fourth-order valence-electron chi connectivity index (χ4n) is 1.92. The molecular weight excluding hydrogens is 226 g/mol. The van der Waals surface area contributed by atoms with Gasteiger partial charge in [0.2, 0.25) is 0 Å². The van der Waals surface area contributed by atoms with Crippen molar-refractivity contribution in [2.75, 3.05) is 13.7 Å². The molecule has 2 aromatic rings. The van der Waals surface area contributed by atoms with Gasteiger partial charge >= 0.3 is 0 Å². The van der Waals surface area contributed by atoms with Gasteiger partial charge < -0.3 is 10.1 Å². The summed E-state index contributed by atoms with van der Waals surface area (Å²) in [6, 6.07) is 8.00. The van der Waals surface area contributed by atoms with Crippen molar-refractivity contribution < 1.29 is 4.74 Å². The number of rotatable bonds is 5. The molecule has 4 heteroatoms. The summed E-state index contributed by atoms with van der Waals surface area (Å²) in [6.45, 7) is 3.89. The van der Waals surface area contributed by atoms with Crippen molar-refractivity contribution in [3.63, 3.8) is 0 Å². The highest BCUT2D eigenvalue weighted by Crippen LogP contribution is 2.24. The number of benzene rings is 1. The minimum Gasteiger partial charge on any atom is -0.497 e. The van der Waals surface area contributed by atoms with Crippen molar-refractivity contribution in [2.45, 2.75) is 13.5 Å². The largest absolute Gasteiger partial charge is 0.497 e. The van der Waals surface area contributed by atoms with Crippen LogP contribution in [0.1, 0.15) is 12.5 Å². The summed E-state index contributed by atoms with van der Waals surface area (Å²) in [7, 11) is 3.62. The maximum atomic E-state index is 5.17. The highest BCUT2D eigenvalue weighted by Gasteiger charge is 2.09. The Morgan fingerprint density at radius 1 is 1.28 bits per heavy atom. The molecule has 0 aliphatic carbocycles. The summed E-state index contributed by atoms with van der Waals surface area (Å²) in [6.07, 6.45) is 2.06. The number of methoxy groups -OCH3 is 1. The van der Waals surface area contributed by atoms with Crippen LogP contribution in [0, 0.1) is 0 Å². The summed E-state index contributed by atoms with van der Waals surface area (Å²) >= 11 is 0. The van der Waals surface area contributed by atoms with Gasteiger partial charge in [0.05, 0.1) is 12.8 Å². The molecule has 0 radical (unpaired) electrons. The van der Waals surface area contributed by atoms with E-state index in [1.165, 1.54) is 5.56 Å². The molecule has 4 nitrogen and oxygen atoms in total. The van der Waals surface area contributed by atoms with Crippen LogP contribution in [0.25, 0.3) is 11.3 Å². The molecule has 0 aliphatic heterocycles. The van der Waals surface area contributed by atoms with Crippen LogP contribution in [0.3, 0.4) is 0 Å². The summed E-state index contributed by atoms with van der Waals surface area (Å²) in [4.78, 5) is 0. The smallest absolute Gasteiger partial charge is 0.118 e. The van der Waals surface area contributed by atoms with Crippen LogP contribution in [-0.2, 0) is 13.6 Å². The lowest BCUT2D eigenvalue weighted by Gasteiger charge is -2.04. The SMILES string of the molecule is CCNCc1cn(C)nc1-c1ccc(OC)cc1. The normalized spacial score (nSPS) is 10.6. The lowest BCUT2D eigenvalue weighted by Crippen LogP contribution is -2.11. The number of aryl methyl sites for hydroxylation is 1. The number of aromatic nitrogens is 2. The molecule has 0 saturated carbocycles. The van der Waals surface area contributed by atoms with E-state index in [4.69, 9.17) is 4.74 Å². The van der Waals surface area contributed by atoms with Gasteiger partial charge in [-0.15, -0.1) is 0 Å². The third-order valence-electron chi connectivity index (χ3n) is 2.83. The molecule has 1 aromatic heterocycles. The fourth-order valence-corrected chi connectivity index (χ4v) is 1.92. The Kier molecular flexibility index (Phi) is 3.99. The minimum atomic E-state index is 0.839. The van der Waals surface area contributed by atoms with Gasteiger partial charge in [-0.2, -0.15) is 5.10 Å². The maximum absolute atomic E-state index is 5.17. The molecule has 0 unspecified atom stereocenters. The average Bonchev–Trinajstić information content (AvgIpc) is 2.77. The van der Waals surface area contributed by atoms with Gasteiger partial charge in [0.1, 0.15) is 5.75 Å². The highest BCUT2D eigenvalue weighted by molar-refractivity contribution is 5.63. The first-order chi connectivity index (χ1) is 8.74. The number of hydrogen-bond donors (Lipinski definition) is 1. The van der Waals surface area contributed by atoms with Crippen LogP contribution in [0.15, 0.2) is 30.5 Å². The second-order valence-corrected chi connectivity index (χ2v) is 4.19. The molecular formula is C14H19N3O. The van der Waals surface area contributed by atoms with Crippen molar-refractivity contribution in [3.05, 3.63) is 36.0 Å². The minimum absolute atomic E-state index is 0.839. The van der Waals surface area contributed by atoms with Gasteiger partial charge in [0.25, 0.3) is 0 Å². The van der Waals surface area contributed by atoms with Crippen LogP contribution in [0.4, 0.5) is 0 Å². The van der Waals surface area contributed by atoms with E-state index in [-0.39, 0.29) is 0 Å². The van der Waals surface area contributed by atoms with Crippen LogP contribution >= 0.6 is 0 Å². The quantitative estimate of drug-likeness (QED) is 0.877. The summed E-state index contributed by atoms with van der Waals surface area (Å²) in [5.74, 6) is 0.864. The molecule has 0 bridgehead atoms. The standard InChI is InChI=1S/C14H19N3O/c1-4-15-9-12-10-17(2)16-14(12)11-5-7-13(18-3)8-6-11/h5-8,10,15H,4,9H2,1-3H3. The van der Waals surface area contributed by atoms with Crippen molar-refractivity contribution in [2.24, 2.45) is 7.05 Å². The first-order valence-electron chi connectivity index (χ1n) is 6.12. The number of nitrogens with zero attached hydrogens (tertiary/aromatic N) is 2. The molecule has 1 heterocycles. The van der Waals surface area contributed by atoms with E-state index in [9.17, 15) is 0 Å². The topological polar surface area (TPSA) is 39.1 Å². The van der Waals surface area contributed by atoms with E-state index >= 15 is 0 Å². The van der Waals surface area contributed by atoms with Gasteiger partial charge in [0.15, 0.2) is 0 Å². The Labute approximate surface area is 108 Å². The second-order valence-electron chi connectivity index (χ2n) is 4.19. The monoisotopic (exact) mass is 245 g/mol. The van der Waals surface area contributed by atoms with Gasteiger partial charge in [-0.1, -0.05) is 6.92 Å². The van der Waals surface area contributed by atoms with Crippen molar-refractivity contribution in [1.29, 1.82) is 0 Å². The Morgan fingerprint density at radius 2 is 2.00 bits per heavy atom. The van der Waals surface area contributed by atoms with E-state index in [0.717, 1.165) is 30.1 Å². The van der Waals surface area contributed by atoms with Gasteiger partial charge in [0, 0.05) is 30.9 Å². The molecule has 0 spiro atoms. The molecule has 0 atom stereocenters. The Hall–Kier alpha value is -1.81. The van der Waals surface area contributed by atoms with Crippen LogP contribution in [0.5, 0.6) is 5.75 Å². The zero-order valence-electron chi connectivity index (χ0n) is 11.1. The second kappa shape index (κ2) is 5.69. The third-order valence-corrected chi connectivity index (χ3v) is 2.83. The third kappa shape index (κ3) is 2.71. The van der Waals surface area contributed by atoms with Crippen molar-refractivity contribution in [3.8, 4) is 17.0 Å². The zero-order chi connectivity index (χ0) is 13.0. The van der Waals surface area contributed by atoms with E-state index in [0.29, 0.717) is 0 Å². The summed E-state index contributed by atoms with van der Waals surface area (Å²) in [5, 5.41) is 7.86. The molecule has 0 fully saturated rings. The average molecular weight is 245 g/mol. The van der Waals surface area contributed by atoms with Gasteiger partial charge in [-0.3, -0.25) is 4.68 Å². The lowest BCUT2D eigenvalue weighted by atomic mass is 10.1. The Bertz CT molecular complexity index is 502. The number of nitrogens with one attached hydrogen (secondary N) is 1. The van der Waals surface area contributed by atoms with Gasteiger partial charge in [-0.25, -0.2) is 0 Å². The van der Waals surface area contributed by atoms with Crippen molar-refractivity contribution >= 4 is 0 Å². The zero-order valence-corrected chi connectivity index (χ0v) is 11.1. The summed E-state index contributed by atoms with van der Waals surface area (Å²) < 4.78 is 7.02. The van der Waals surface area contributed by atoms with E-state index in [1.807, 2.05) is 36.0 Å². The first kappa shape index (κ1) is 12.6. The first-order valence-corrected chi connectivity index (χ1v) is 6.12. The van der Waals surface area contributed by atoms with Crippen molar-refractivity contribution in [1.82, 2.24) is 15.1 Å². The fraction of sp³-hybridized carbons (Fsp3) is 0.357. The molecule has 18 heavy (non-hydrogen) atoms. The lowest BCUT2D eigenvalue weighted by molar-refractivity contribution is 0.415. The molecule has 1 N–H and O–H groups in total. The van der Waals surface area contributed by atoms with Crippen LogP contribution in [0.2, 0.25) is 0 Å². The van der Waals surface area contributed by atoms with E-state index < -0.39 is 0 Å². The Balaban J connectivity index is 2.30. The predicted molar refractivity (Wildman–Crippen MR) is 72.6 cm³/mol. The molecule has 0 saturated heterocycles. The van der Waals surface area contributed by atoms with E-state index in [2.05, 4.69) is 23.5 Å². The van der Waals surface area contributed by atoms with Gasteiger partial charge in [-0.05, 0) is 30.8 Å². The Morgan fingerprint density at radius 3 is 2.61 bits per heavy atom. The predicted octanol–water partition coefficient (Wildman–Crippen LogP) is 2.21. The highest BCUT2D eigenvalue weighted by atomic mass is 16.5. The molecule has 0 amide bonds. The molecule has 96 valence electrons. The number of hydrogen-bond acceptors (Lipinski definition) is 3. The maximum Gasteiger partial charge on any atom is 0.118 e. The van der Waals surface area contributed by atoms with Crippen LogP contribution in [-0.4, -0.2) is 23.4 Å². The van der Waals surface area contributed by atoms with Crippen LogP contribution < -0.4 is 10.1 Å².